The van der Waals surface area contributed by atoms with Crippen molar-refractivity contribution in [1.82, 2.24) is 29.2 Å². The van der Waals surface area contributed by atoms with Crippen molar-refractivity contribution in [2.75, 3.05) is 0 Å². The Labute approximate surface area is 188 Å². The lowest BCUT2D eigenvalue weighted by Crippen LogP contribution is -2.39. The Balaban J connectivity index is 1.71. The molecule has 0 aliphatic heterocycles. The standard InChI is InChI=1S/C22H24N6O3S/c1-12(2)10-28-19-17(21(29)27(5)22(28)30)20(24-14(4)23-19)32-11-16-25-18(26-31-16)15-8-6-13(3)7-9-15/h6-9,12H,10-11H2,1-5H3. The number of aromatic nitrogens is 6. The summed E-state index contributed by atoms with van der Waals surface area (Å²) in [5, 5.41) is 4.86. The molecule has 0 aliphatic carbocycles. The maximum atomic E-state index is 13.0. The molecular formula is C22H24N6O3S. The number of thioether (sulfide) groups is 1. The first-order valence-electron chi connectivity index (χ1n) is 10.2. The van der Waals surface area contributed by atoms with E-state index in [-0.39, 0.29) is 11.6 Å². The summed E-state index contributed by atoms with van der Waals surface area (Å²) < 4.78 is 8.05. The van der Waals surface area contributed by atoms with Crippen LogP contribution in [0.3, 0.4) is 0 Å². The molecule has 0 atom stereocenters. The summed E-state index contributed by atoms with van der Waals surface area (Å²) in [4.78, 5) is 39.0. The monoisotopic (exact) mass is 452 g/mol. The van der Waals surface area contributed by atoms with E-state index in [1.807, 2.05) is 45.0 Å². The summed E-state index contributed by atoms with van der Waals surface area (Å²) in [6.07, 6.45) is 0. The van der Waals surface area contributed by atoms with E-state index in [1.54, 1.807) is 11.5 Å². The molecule has 0 bridgehead atoms. The topological polar surface area (TPSA) is 109 Å². The fraction of sp³-hybridized carbons (Fsp3) is 0.364. The second-order valence-electron chi connectivity index (χ2n) is 8.09. The van der Waals surface area contributed by atoms with Gasteiger partial charge in [0, 0.05) is 19.2 Å². The summed E-state index contributed by atoms with van der Waals surface area (Å²) in [7, 11) is 1.47. The quantitative estimate of drug-likeness (QED) is 0.324. The first kappa shape index (κ1) is 21.9. The maximum absolute atomic E-state index is 13.0. The van der Waals surface area contributed by atoms with Crippen molar-refractivity contribution >= 4 is 22.8 Å². The number of nitrogens with zero attached hydrogens (tertiary/aromatic N) is 6. The normalized spacial score (nSPS) is 11.6. The lowest BCUT2D eigenvalue weighted by Gasteiger charge is -2.14. The molecule has 0 unspecified atom stereocenters. The minimum Gasteiger partial charge on any atom is -0.338 e. The van der Waals surface area contributed by atoms with Crippen LogP contribution in [0.2, 0.25) is 0 Å². The molecule has 0 radical (unpaired) electrons. The van der Waals surface area contributed by atoms with Crippen LogP contribution >= 0.6 is 11.8 Å². The molecule has 3 heterocycles. The van der Waals surface area contributed by atoms with Gasteiger partial charge >= 0.3 is 5.69 Å². The largest absolute Gasteiger partial charge is 0.338 e. The molecule has 1 aromatic carbocycles. The summed E-state index contributed by atoms with van der Waals surface area (Å²) in [6, 6.07) is 7.86. The van der Waals surface area contributed by atoms with E-state index < -0.39 is 5.56 Å². The van der Waals surface area contributed by atoms with Gasteiger partial charge in [0.05, 0.1) is 5.75 Å². The average Bonchev–Trinajstić information content (AvgIpc) is 3.22. The molecule has 0 aliphatic rings. The predicted octanol–water partition coefficient (Wildman–Crippen LogP) is 3.11. The fourth-order valence-electron chi connectivity index (χ4n) is 3.34. The second-order valence-corrected chi connectivity index (χ2v) is 9.06. The highest BCUT2D eigenvalue weighted by atomic mass is 32.2. The van der Waals surface area contributed by atoms with Gasteiger partial charge in [0.25, 0.3) is 5.56 Å². The number of benzene rings is 1. The van der Waals surface area contributed by atoms with E-state index in [0.29, 0.717) is 45.9 Å². The smallest absolute Gasteiger partial charge is 0.332 e. The zero-order valence-corrected chi connectivity index (χ0v) is 19.4. The van der Waals surface area contributed by atoms with Gasteiger partial charge in [-0.1, -0.05) is 60.6 Å². The van der Waals surface area contributed by atoms with Crippen LogP contribution in [0.25, 0.3) is 22.4 Å². The molecule has 0 spiro atoms. The van der Waals surface area contributed by atoms with Crippen molar-refractivity contribution in [2.45, 2.75) is 45.0 Å². The third kappa shape index (κ3) is 4.22. The molecule has 32 heavy (non-hydrogen) atoms. The third-order valence-corrected chi connectivity index (χ3v) is 5.88. The zero-order valence-electron chi connectivity index (χ0n) is 18.6. The Kier molecular flexibility index (Phi) is 5.96. The molecular weight excluding hydrogens is 428 g/mol. The van der Waals surface area contributed by atoms with Crippen LogP contribution in [-0.4, -0.2) is 29.2 Å². The Morgan fingerprint density at radius 2 is 1.78 bits per heavy atom. The van der Waals surface area contributed by atoms with E-state index in [2.05, 4.69) is 20.1 Å². The van der Waals surface area contributed by atoms with Gasteiger partial charge in [0.2, 0.25) is 11.7 Å². The van der Waals surface area contributed by atoms with Crippen LogP contribution < -0.4 is 11.2 Å². The van der Waals surface area contributed by atoms with Crippen LogP contribution in [0.1, 0.15) is 31.1 Å². The van der Waals surface area contributed by atoms with Crippen molar-refractivity contribution in [3.05, 3.63) is 62.4 Å². The fourth-order valence-corrected chi connectivity index (χ4v) is 4.24. The van der Waals surface area contributed by atoms with Crippen LogP contribution in [-0.2, 0) is 19.3 Å². The van der Waals surface area contributed by atoms with Crippen LogP contribution in [0.5, 0.6) is 0 Å². The summed E-state index contributed by atoms with van der Waals surface area (Å²) in [5.41, 5.74) is 1.57. The molecule has 3 aromatic heterocycles. The highest BCUT2D eigenvalue weighted by Crippen LogP contribution is 2.26. The minimum atomic E-state index is -0.418. The Bertz CT molecular complexity index is 1400. The van der Waals surface area contributed by atoms with Gasteiger partial charge in [-0.15, -0.1) is 0 Å². The van der Waals surface area contributed by atoms with Crippen molar-refractivity contribution in [3.63, 3.8) is 0 Å². The number of fused-ring (bicyclic) bond motifs is 1. The lowest BCUT2D eigenvalue weighted by atomic mass is 10.1. The van der Waals surface area contributed by atoms with Gasteiger partial charge < -0.3 is 4.52 Å². The molecule has 0 N–H and O–H groups in total. The number of rotatable bonds is 6. The van der Waals surface area contributed by atoms with Gasteiger partial charge in [-0.25, -0.2) is 14.8 Å². The molecule has 166 valence electrons. The highest BCUT2D eigenvalue weighted by molar-refractivity contribution is 7.98. The van der Waals surface area contributed by atoms with Crippen molar-refractivity contribution in [3.8, 4) is 11.4 Å². The molecule has 0 fully saturated rings. The molecule has 0 saturated heterocycles. The van der Waals surface area contributed by atoms with Gasteiger partial charge in [0.1, 0.15) is 16.2 Å². The van der Waals surface area contributed by atoms with E-state index in [0.717, 1.165) is 15.7 Å². The van der Waals surface area contributed by atoms with Gasteiger partial charge in [-0.3, -0.25) is 13.9 Å². The molecule has 0 amide bonds. The molecule has 4 rings (SSSR count). The van der Waals surface area contributed by atoms with Gasteiger partial charge in [-0.05, 0) is 19.8 Å². The average molecular weight is 453 g/mol. The molecule has 4 aromatic rings. The van der Waals surface area contributed by atoms with Crippen LogP contribution in [0.4, 0.5) is 0 Å². The van der Waals surface area contributed by atoms with Gasteiger partial charge in [-0.2, -0.15) is 4.98 Å². The summed E-state index contributed by atoms with van der Waals surface area (Å²) >= 11 is 1.31. The molecule has 9 nitrogen and oxygen atoms in total. The summed E-state index contributed by atoms with van der Waals surface area (Å²) in [5.74, 6) is 1.94. The van der Waals surface area contributed by atoms with Crippen LogP contribution in [0, 0.1) is 19.8 Å². The van der Waals surface area contributed by atoms with E-state index in [1.165, 1.54) is 18.8 Å². The maximum Gasteiger partial charge on any atom is 0.332 e. The third-order valence-electron chi connectivity index (χ3n) is 4.92. The zero-order chi connectivity index (χ0) is 23.0. The van der Waals surface area contributed by atoms with E-state index >= 15 is 0 Å². The van der Waals surface area contributed by atoms with Crippen molar-refractivity contribution in [2.24, 2.45) is 13.0 Å². The first-order valence-corrected chi connectivity index (χ1v) is 11.2. The molecule has 0 saturated carbocycles. The van der Waals surface area contributed by atoms with Crippen molar-refractivity contribution < 1.29 is 4.52 Å². The molecule has 10 heteroatoms. The summed E-state index contributed by atoms with van der Waals surface area (Å²) in [6.45, 7) is 8.23. The number of hydrogen-bond acceptors (Lipinski definition) is 8. The van der Waals surface area contributed by atoms with Gasteiger partial charge in [0.15, 0.2) is 5.65 Å². The first-order chi connectivity index (χ1) is 15.2. The Hall–Kier alpha value is -3.27. The van der Waals surface area contributed by atoms with Crippen molar-refractivity contribution in [1.29, 1.82) is 0 Å². The lowest BCUT2D eigenvalue weighted by molar-refractivity contribution is 0.391. The number of aryl methyl sites for hydroxylation is 2. The Morgan fingerprint density at radius 1 is 1.06 bits per heavy atom. The predicted molar refractivity (Wildman–Crippen MR) is 123 cm³/mol. The van der Waals surface area contributed by atoms with E-state index in [9.17, 15) is 9.59 Å². The SMILES string of the molecule is Cc1ccc(-c2noc(CSc3nc(C)nc4c3c(=O)n(C)c(=O)n4CC(C)C)n2)cc1. The Morgan fingerprint density at radius 3 is 2.47 bits per heavy atom. The highest BCUT2D eigenvalue weighted by Gasteiger charge is 2.19. The van der Waals surface area contributed by atoms with E-state index in [4.69, 9.17) is 4.52 Å². The number of hydrogen-bond donors (Lipinski definition) is 0. The minimum absolute atomic E-state index is 0.207. The second kappa shape index (κ2) is 8.70. The van der Waals surface area contributed by atoms with Crippen LogP contribution in [0.15, 0.2) is 43.4 Å².